The molecular formula is C75H90N24O12. The zero-order valence-electron chi connectivity index (χ0n) is 61.9. The molecule has 0 saturated carbocycles. The largest absolute Gasteiger partial charge is 0.388 e. The SMILES string of the molecule is CNc1cc(-c2cn(CCN3CCOCC3)c3ncccc23)nc2c(C(=O)NC3COC[C@H]3O)cnn12.CNc1cc(-c2cn(CCN3CCOCC3)c3ncccc23)nc2c(C(=O)N[C@@H]3COC[C@@H]3O)cnn12.CNc1cc(-c2cn(CCN3CCOCC3)c3ncccc23)nc2c(C(=O)N[C@H]3COC[C@H]3O)cnn12. The van der Waals surface area contributed by atoms with Crippen LogP contribution in [0.3, 0.4) is 0 Å². The summed E-state index contributed by atoms with van der Waals surface area (Å²) in [7, 11) is 5.41. The molecule has 6 atom stereocenters. The van der Waals surface area contributed by atoms with Crippen LogP contribution in [-0.2, 0) is 48.1 Å². The molecule has 12 aromatic heterocycles. The summed E-state index contributed by atoms with van der Waals surface area (Å²) >= 11 is 0. The van der Waals surface area contributed by atoms with Crippen LogP contribution in [0.5, 0.6) is 0 Å². The monoisotopic (exact) mass is 1520 g/mol. The molecule has 6 aliphatic rings. The number of carbonyl (C=O) groups excluding carboxylic acids is 3. The Hall–Kier alpha value is -10.7. The fourth-order valence-corrected chi connectivity index (χ4v) is 14.8. The summed E-state index contributed by atoms with van der Waals surface area (Å²) in [5.41, 5.74) is 9.81. The second-order valence-corrected chi connectivity index (χ2v) is 28.0. The van der Waals surface area contributed by atoms with Crippen LogP contribution in [-0.4, -0.2) is 316 Å². The number of aromatic nitrogens is 15. The third-order valence-corrected chi connectivity index (χ3v) is 21.0. The van der Waals surface area contributed by atoms with Gasteiger partial charge in [0.05, 0.1) is 151 Å². The van der Waals surface area contributed by atoms with Crippen LogP contribution in [0.1, 0.15) is 31.1 Å². The van der Waals surface area contributed by atoms with Gasteiger partial charge in [-0.2, -0.15) is 28.8 Å². The fraction of sp³-hybridized carbons (Fsp3) is 0.440. The molecule has 0 spiro atoms. The Kier molecular flexibility index (Phi) is 22.4. The van der Waals surface area contributed by atoms with Crippen LogP contribution in [0.25, 0.3) is 83.8 Å². The van der Waals surface area contributed by atoms with Crippen molar-refractivity contribution in [2.24, 2.45) is 0 Å². The van der Waals surface area contributed by atoms with Gasteiger partial charge in [-0.3, -0.25) is 29.1 Å². The lowest BCUT2D eigenvalue weighted by Crippen LogP contribution is -2.42. The smallest absolute Gasteiger partial charge is 0.257 e. The Bertz CT molecular complexity index is 4790. The lowest BCUT2D eigenvalue weighted by atomic mass is 10.1. The summed E-state index contributed by atoms with van der Waals surface area (Å²) in [4.78, 5) is 75.1. The molecule has 1 unspecified atom stereocenters. The Morgan fingerprint density at radius 3 is 0.946 bits per heavy atom. The number of hydrogen-bond donors (Lipinski definition) is 9. The van der Waals surface area contributed by atoms with Gasteiger partial charge in [0.1, 0.15) is 51.1 Å². The number of ether oxygens (including phenoxy) is 6. The molecule has 18 rings (SSSR count). The van der Waals surface area contributed by atoms with E-state index in [0.29, 0.717) is 68.2 Å². The first-order valence-electron chi connectivity index (χ1n) is 37.5. The maximum absolute atomic E-state index is 13.1. The van der Waals surface area contributed by atoms with Crippen molar-refractivity contribution >= 4 is 85.2 Å². The highest BCUT2D eigenvalue weighted by Gasteiger charge is 2.34. The number of anilines is 3. The minimum atomic E-state index is -0.738. The molecule has 0 bridgehead atoms. The maximum Gasteiger partial charge on any atom is 0.257 e. The number of aliphatic hydroxyl groups excluding tert-OH is 3. The van der Waals surface area contributed by atoms with Crippen molar-refractivity contribution in [2.75, 3.05) is 175 Å². The molecule has 0 aliphatic carbocycles. The highest BCUT2D eigenvalue weighted by atomic mass is 16.5. The first-order chi connectivity index (χ1) is 54.4. The third-order valence-electron chi connectivity index (χ3n) is 21.0. The Balaban J connectivity index is 0.000000126. The minimum Gasteiger partial charge on any atom is -0.388 e. The number of hydrogen-bond acceptors (Lipinski definition) is 27. The third kappa shape index (κ3) is 15.7. The van der Waals surface area contributed by atoms with E-state index in [-0.39, 0.29) is 57.4 Å². The molecule has 36 nitrogen and oxygen atoms in total. The van der Waals surface area contributed by atoms with Gasteiger partial charge in [0.2, 0.25) is 0 Å². The summed E-state index contributed by atoms with van der Waals surface area (Å²) in [6, 6.07) is 16.2. The van der Waals surface area contributed by atoms with E-state index in [1.54, 1.807) is 53.3 Å². The van der Waals surface area contributed by atoms with Crippen LogP contribution < -0.4 is 31.9 Å². The molecule has 0 radical (unpaired) electrons. The summed E-state index contributed by atoms with van der Waals surface area (Å²) < 4.78 is 43.5. The quantitative estimate of drug-likeness (QED) is 0.0495. The molecule has 12 aromatic rings. The number of fused-ring (bicyclic) bond motifs is 6. The standard InChI is InChI=1S/3C25H30N8O4/c3*1-26-22-11-19(29-24-17(12-28-33(22)24)25(35)30-20-14-37-15-21(20)34)18-13-32(23-16(18)3-2-4-27-23)6-5-31-7-9-36-10-8-31/h3*2-4,11-13,20-21,26,34H,5-10,14-15H2,1H3,(H,30,35)/t20?,21-;2*20-,21+/m110/s1. The Labute approximate surface area is 635 Å². The number of morpholine rings is 3. The van der Waals surface area contributed by atoms with Gasteiger partial charge < -0.3 is 89.3 Å². The van der Waals surface area contributed by atoms with Crippen molar-refractivity contribution < 1.29 is 58.1 Å². The molecule has 3 amide bonds. The summed E-state index contributed by atoms with van der Waals surface area (Å²) in [6.45, 7) is 16.7. The number of nitrogens with zero attached hydrogens (tertiary/aromatic N) is 18. The number of amides is 3. The van der Waals surface area contributed by atoms with Gasteiger partial charge in [-0.25, -0.2) is 29.9 Å². The topological polar surface area (TPSA) is 393 Å². The van der Waals surface area contributed by atoms with E-state index in [0.717, 1.165) is 168 Å². The lowest BCUT2D eigenvalue weighted by Gasteiger charge is -2.26. The number of aliphatic hydroxyl groups is 3. The second-order valence-electron chi connectivity index (χ2n) is 28.0. The predicted molar refractivity (Wildman–Crippen MR) is 410 cm³/mol. The highest BCUT2D eigenvalue weighted by Crippen LogP contribution is 2.35. The number of rotatable bonds is 21. The van der Waals surface area contributed by atoms with Crippen LogP contribution >= 0.6 is 0 Å². The predicted octanol–water partition coefficient (Wildman–Crippen LogP) is 1.83. The van der Waals surface area contributed by atoms with Gasteiger partial charge in [0.25, 0.3) is 17.7 Å². The number of carbonyl (C=O) groups is 3. The van der Waals surface area contributed by atoms with Gasteiger partial charge in [-0.05, 0) is 36.4 Å². The van der Waals surface area contributed by atoms with Gasteiger partial charge in [-0.15, -0.1) is 0 Å². The van der Waals surface area contributed by atoms with Gasteiger partial charge in [-0.1, -0.05) is 0 Å². The van der Waals surface area contributed by atoms with E-state index >= 15 is 0 Å². The minimum absolute atomic E-state index is 0.204. The summed E-state index contributed by atoms with van der Waals surface area (Å²) in [5.74, 6) is 1.02. The molecule has 6 saturated heterocycles. The highest BCUT2D eigenvalue weighted by molar-refractivity contribution is 6.03. The lowest BCUT2D eigenvalue weighted by molar-refractivity contribution is 0.0365. The average Bonchev–Trinajstić information content (AvgIpc) is 1.62. The van der Waals surface area contributed by atoms with Crippen molar-refractivity contribution in [3.8, 4) is 33.8 Å². The van der Waals surface area contributed by atoms with Gasteiger partial charge in [0, 0.05) is 188 Å². The molecule has 36 heteroatoms. The van der Waals surface area contributed by atoms with Crippen molar-refractivity contribution in [3.63, 3.8) is 0 Å². The van der Waals surface area contributed by atoms with Crippen LogP contribution in [0.2, 0.25) is 0 Å². The average molecular weight is 1520 g/mol. The zero-order valence-corrected chi connectivity index (χ0v) is 61.9. The van der Waals surface area contributed by atoms with Crippen LogP contribution in [0.4, 0.5) is 17.5 Å². The number of pyridine rings is 3. The maximum atomic E-state index is 13.1. The first-order valence-corrected chi connectivity index (χ1v) is 37.5. The Morgan fingerprint density at radius 2 is 0.685 bits per heavy atom. The summed E-state index contributed by atoms with van der Waals surface area (Å²) in [5, 5.41) is 64.3. The van der Waals surface area contributed by atoms with E-state index < -0.39 is 36.4 Å². The molecule has 582 valence electrons. The van der Waals surface area contributed by atoms with Gasteiger partial charge >= 0.3 is 0 Å². The number of nitrogens with one attached hydrogen (secondary N) is 6. The van der Waals surface area contributed by atoms with Crippen molar-refractivity contribution in [2.45, 2.75) is 56.1 Å². The molecular weight excluding hydrogens is 1430 g/mol. The van der Waals surface area contributed by atoms with Crippen LogP contribution in [0.15, 0.2) is 110 Å². The molecule has 6 aliphatic heterocycles. The molecule has 9 N–H and O–H groups in total. The van der Waals surface area contributed by atoms with Crippen molar-refractivity contribution in [1.29, 1.82) is 0 Å². The zero-order chi connectivity index (χ0) is 76.1. The Morgan fingerprint density at radius 1 is 0.396 bits per heavy atom. The van der Waals surface area contributed by atoms with E-state index in [1.807, 2.05) is 54.6 Å². The first kappa shape index (κ1) is 74.4. The molecule has 0 aromatic carbocycles. The fourth-order valence-electron chi connectivity index (χ4n) is 14.8. The molecule has 18 heterocycles. The van der Waals surface area contributed by atoms with Crippen molar-refractivity contribution in [3.05, 3.63) is 127 Å². The van der Waals surface area contributed by atoms with E-state index in [4.69, 9.17) is 43.4 Å². The van der Waals surface area contributed by atoms with E-state index in [1.165, 1.54) is 18.6 Å². The van der Waals surface area contributed by atoms with E-state index in [2.05, 4.69) is 109 Å². The van der Waals surface area contributed by atoms with E-state index in [9.17, 15) is 29.7 Å². The summed E-state index contributed by atoms with van der Waals surface area (Å²) in [6.07, 6.45) is 13.9. The van der Waals surface area contributed by atoms with Crippen LogP contribution in [0, 0.1) is 0 Å². The normalized spacial score (nSPS) is 20.6. The van der Waals surface area contributed by atoms with Gasteiger partial charge in [0.15, 0.2) is 16.9 Å². The molecule has 111 heavy (non-hydrogen) atoms. The molecule has 6 fully saturated rings. The van der Waals surface area contributed by atoms with Crippen molar-refractivity contribution in [1.82, 2.24) is 103 Å². The second kappa shape index (κ2) is 33.5.